The maximum Gasteiger partial charge on any atom is 0.0896 e. The molecule has 1 radical (unpaired) electrons. The van der Waals surface area contributed by atoms with Crippen molar-refractivity contribution < 1.29 is 0 Å². The quantitative estimate of drug-likeness (QED) is 0.789. The number of H-pyrrole nitrogens is 1. The van der Waals surface area contributed by atoms with Crippen molar-refractivity contribution in [2.75, 3.05) is 0 Å². The van der Waals surface area contributed by atoms with Gasteiger partial charge in [-0.15, -0.1) is 5.10 Å². The third kappa shape index (κ3) is 1.96. The molecule has 2 rings (SSSR count). The maximum atomic E-state index is 4.25. The van der Waals surface area contributed by atoms with Crippen LogP contribution in [0, 0.1) is 5.92 Å². The van der Waals surface area contributed by atoms with Crippen molar-refractivity contribution in [3.05, 3.63) is 47.9 Å². The van der Waals surface area contributed by atoms with Gasteiger partial charge in [0.15, 0.2) is 0 Å². The van der Waals surface area contributed by atoms with E-state index in [1.54, 1.807) is 12.4 Å². The van der Waals surface area contributed by atoms with Gasteiger partial charge in [-0.3, -0.25) is 10.1 Å². The fourth-order valence-electron chi connectivity index (χ4n) is 1.28. The van der Waals surface area contributed by atoms with Gasteiger partial charge in [0.05, 0.1) is 5.69 Å². The van der Waals surface area contributed by atoms with Crippen LogP contribution >= 0.6 is 0 Å². The predicted molar refractivity (Wildman–Crippen MR) is 52.3 cm³/mol. The largest absolute Gasteiger partial charge is 0.265 e. The molecule has 0 aliphatic heterocycles. The zero-order valence-electron chi connectivity index (χ0n) is 7.94. The summed E-state index contributed by atoms with van der Waals surface area (Å²) in [5.41, 5.74) is 1.95. The van der Waals surface area contributed by atoms with Crippen molar-refractivity contribution >= 4 is 0 Å². The molecule has 0 aliphatic carbocycles. The highest BCUT2D eigenvalue weighted by Crippen LogP contribution is 2.14. The molecule has 2 heterocycles. The SMILES string of the molecule is C[C](Cc1ccccn1)c1c[nH]nn1. The molecule has 0 amide bonds. The molecule has 0 aliphatic rings. The van der Waals surface area contributed by atoms with E-state index in [-0.39, 0.29) is 0 Å². The molecule has 4 heteroatoms. The Kier molecular flexibility index (Phi) is 2.53. The third-order valence-electron chi connectivity index (χ3n) is 2.03. The van der Waals surface area contributed by atoms with Gasteiger partial charge in [-0.25, -0.2) is 0 Å². The van der Waals surface area contributed by atoms with Gasteiger partial charge in [0.1, 0.15) is 0 Å². The van der Waals surface area contributed by atoms with E-state index in [1.807, 2.05) is 25.1 Å². The molecule has 0 saturated carbocycles. The summed E-state index contributed by atoms with van der Waals surface area (Å²) >= 11 is 0. The summed E-state index contributed by atoms with van der Waals surface area (Å²) in [6.07, 6.45) is 4.40. The van der Waals surface area contributed by atoms with Crippen LogP contribution in [0.15, 0.2) is 30.6 Å². The van der Waals surface area contributed by atoms with E-state index in [9.17, 15) is 0 Å². The molecule has 2 aromatic rings. The molecule has 0 atom stereocenters. The normalized spacial score (nSPS) is 10.7. The van der Waals surface area contributed by atoms with Crippen LogP contribution in [0.5, 0.6) is 0 Å². The van der Waals surface area contributed by atoms with Gasteiger partial charge < -0.3 is 0 Å². The number of pyridine rings is 1. The molecular formula is C10H11N4. The summed E-state index contributed by atoms with van der Waals surface area (Å²) in [6.45, 7) is 2.03. The molecular weight excluding hydrogens is 176 g/mol. The lowest BCUT2D eigenvalue weighted by atomic mass is 10.0. The number of hydrogen-bond acceptors (Lipinski definition) is 3. The Bertz CT molecular complexity index is 368. The minimum Gasteiger partial charge on any atom is -0.265 e. The number of rotatable bonds is 3. The van der Waals surface area contributed by atoms with Crippen LogP contribution < -0.4 is 0 Å². The first-order valence-electron chi connectivity index (χ1n) is 4.45. The third-order valence-corrected chi connectivity index (χ3v) is 2.03. The summed E-state index contributed by atoms with van der Waals surface area (Å²) in [5, 5.41) is 10.3. The summed E-state index contributed by atoms with van der Waals surface area (Å²) in [5.74, 6) is 1.16. The van der Waals surface area contributed by atoms with Crippen molar-refractivity contribution in [1.82, 2.24) is 20.4 Å². The van der Waals surface area contributed by atoms with Crippen molar-refractivity contribution in [3.8, 4) is 0 Å². The second kappa shape index (κ2) is 4.00. The van der Waals surface area contributed by atoms with E-state index >= 15 is 0 Å². The number of nitrogens with zero attached hydrogens (tertiary/aromatic N) is 3. The topological polar surface area (TPSA) is 54.5 Å². The zero-order chi connectivity index (χ0) is 9.80. The Morgan fingerprint density at radius 2 is 2.36 bits per heavy atom. The summed E-state index contributed by atoms with van der Waals surface area (Å²) < 4.78 is 0. The van der Waals surface area contributed by atoms with E-state index in [4.69, 9.17) is 0 Å². The highest BCUT2D eigenvalue weighted by molar-refractivity contribution is 5.21. The highest BCUT2D eigenvalue weighted by Gasteiger charge is 2.10. The second-order valence-corrected chi connectivity index (χ2v) is 3.14. The maximum absolute atomic E-state index is 4.25. The Labute approximate surface area is 82.4 Å². The molecule has 0 unspecified atom stereocenters. The van der Waals surface area contributed by atoms with Gasteiger partial charge in [0.2, 0.25) is 0 Å². The summed E-state index contributed by atoms with van der Waals surface area (Å²) in [6, 6.07) is 5.90. The Morgan fingerprint density at radius 1 is 1.43 bits per heavy atom. The van der Waals surface area contributed by atoms with Gasteiger partial charge in [-0.05, 0) is 12.1 Å². The van der Waals surface area contributed by atoms with Crippen LogP contribution in [-0.2, 0) is 6.42 Å². The fraction of sp³-hybridized carbons (Fsp3) is 0.200. The first-order valence-corrected chi connectivity index (χ1v) is 4.45. The van der Waals surface area contributed by atoms with Gasteiger partial charge >= 0.3 is 0 Å². The van der Waals surface area contributed by atoms with Crippen molar-refractivity contribution in [1.29, 1.82) is 0 Å². The number of nitrogens with one attached hydrogen (secondary N) is 1. The molecule has 71 valence electrons. The van der Waals surface area contributed by atoms with Gasteiger partial charge in [-0.2, -0.15) is 0 Å². The number of aromatic amines is 1. The van der Waals surface area contributed by atoms with Crippen LogP contribution in [0.25, 0.3) is 0 Å². The fourth-order valence-corrected chi connectivity index (χ4v) is 1.28. The Morgan fingerprint density at radius 3 is 3.00 bits per heavy atom. The van der Waals surface area contributed by atoms with Gasteiger partial charge in [-0.1, -0.05) is 18.2 Å². The lowest BCUT2D eigenvalue weighted by Crippen LogP contribution is -2.01. The van der Waals surface area contributed by atoms with Crippen LogP contribution in [0.2, 0.25) is 0 Å². The second-order valence-electron chi connectivity index (χ2n) is 3.14. The van der Waals surface area contributed by atoms with Crippen LogP contribution in [-0.4, -0.2) is 20.4 Å². The molecule has 0 spiro atoms. The van der Waals surface area contributed by atoms with E-state index in [1.165, 1.54) is 0 Å². The van der Waals surface area contributed by atoms with Gasteiger partial charge in [0, 0.05) is 30.4 Å². The van der Waals surface area contributed by atoms with E-state index in [0.29, 0.717) is 0 Å². The molecule has 0 saturated heterocycles. The lowest BCUT2D eigenvalue weighted by Gasteiger charge is -2.05. The summed E-state index contributed by atoms with van der Waals surface area (Å²) in [4.78, 5) is 4.25. The zero-order valence-corrected chi connectivity index (χ0v) is 7.94. The minimum absolute atomic E-state index is 0.813. The van der Waals surface area contributed by atoms with E-state index < -0.39 is 0 Å². The monoisotopic (exact) mass is 187 g/mol. The molecule has 2 aromatic heterocycles. The van der Waals surface area contributed by atoms with Crippen LogP contribution in [0.1, 0.15) is 18.3 Å². The predicted octanol–water partition coefficient (Wildman–Crippen LogP) is 1.38. The van der Waals surface area contributed by atoms with Crippen molar-refractivity contribution in [3.63, 3.8) is 0 Å². The van der Waals surface area contributed by atoms with E-state index in [0.717, 1.165) is 23.7 Å². The molecule has 1 N–H and O–H groups in total. The Balaban J connectivity index is 2.06. The minimum atomic E-state index is 0.813. The number of hydrogen-bond donors (Lipinski definition) is 1. The Hall–Kier alpha value is -1.71. The number of aromatic nitrogens is 4. The smallest absolute Gasteiger partial charge is 0.0896 e. The van der Waals surface area contributed by atoms with Crippen molar-refractivity contribution in [2.24, 2.45) is 0 Å². The molecule has 4 nitrogen and oxygen atoms in total. The van der Waals surface area contributed by atoms with E-state index in [2.05, 4.69) is 20.4 Å². The first kappa shape index (κ1) is 8.87. The lowest BCUT2D eigenvalue weighted by molar-refractivity contribution is 0.879. The highest BCUT2D eigenvalue weighted by atomic mass is 15.3. The molecule has 0 fully saturated rings. The molecule has 0 bridgehead atoms. The molecule has 14 heavy (non-hydrogen) atoms. The summed E-state index contributed by atoms with van der Waals surface area (Å²) in [7, 11) is 0. The van der Waals surface area contributed by atoms with Crippen LogP contribution in [0.4, 0.5) is 0 Å². The van der Waals surface area contributed by atoms with Crippen LogP contribution in [0.3, 0.4) is 0 Å². The first-order chi connectivity index (χ1) is 6.86. The average molecular weight is 187 g/mol. The van der Waals surface area contributed by atoms with Crippen molar-refractivity contribution in [2.45, 2.75) is 13.3 Å². The molecule has 0 aromatic carbocycles. The van der Waals surface area contributed by atoms with Gasteiger partial charge in [0.25, 0.3) is 0 Å². The standard InChI is InChI=1S/C10H11N4/c1-8(10-7-12-14-13-10)6-9-4-2-3-5-11-9/h2-5,7H,6H2,1H3,(H,12,13,14). The average Bonchev–Trinajstić information content (AvgIpc) is 2.72.